The highest BCUT2D eigenvalue weighted by Crippen LogP contribution is 2.19. The summed E-state index contributed by atoms with van der Waals surface area (Å²) in [4.78, 5) is 16.0. The van der Waals surface area contributed by atoms with Crippen LogP contribution in [0.2, 0.25) is 0 Å². The maximum absolute atomic E-state index is 11.6. The molecule has 1 heterocycles. The Morgan fingerprint density at radius 3 is 3.12 bits per heavy atom. The van der Waals surface area contributed by atoms with Crippen molar-refractivity contribution in [3.8, 4) is 0 Å². The lowest BCUT2D eigenvalue weighted by Gasteiger charge is -2.13. The van der Waals surface area contributed by atoms with Gasteiger partial charge >= 0.3 is 5.97 Å². The lowest BCUT2D eigenvalue weighted by molar-refractivity contribution is -0.144. The Bertz CT molecular complexity index is 385. The van der Waals surface area contributed by atoms with E-state index in [9.17, 15) is 4.79 Å². The van der Waals surface area contributed by atoms with Crippen molar-refractivity contribution in [2.45, 2.75) is 52.0 Å². The Morgan fingerprint density at radius 2 is 2.29 bits per heavy atom. The predicted octanol–water partition coefficient (Wildman–Crippen LogP) is 2.11. The summed E-state index contributed by atoms with van der Waals surface area (Å²) in [6.45, 7) is 2.93. The SMILES string of the molecule is CCCCOC(=O)Cn1cnc2c1CCCC2. The normalized spacial score (nSPS) is 14.4. The molecule has 0 unspecified atom stereocenters. The molecule has 2 rings (SSSR count). The molecule has 0 spiro atoms. The molecule has 4 heteroatoms. The third-order valence-corrected chi connectivity index (χ3v) is 3.17. The van der Waals surface area contributed by atoms with Gasteiger partial charge < -0.3 is 9.30 Å². The van der Waals surface area contributed by atoms with Gasteiger partial charge in [-0.15, -0.1) is 0 Å². The molecular weight excluding hydrogens is 216 g/mol. The Kier molecular flexibility index (Phi) is 4.18. The molecule has 4 nitrogen and oxygen atoms in total. The van der Waals surface area contributed by atoms with Crippen LogP contribution in [-0.2, 0) is 28.9 Å². The second-order valence-electron chi connectivity index (χ2n) is 4.55. The Morgan fingerprint density at radius 1 is 1.47 bits per heavy atom. The number of imidazole rings is 1. The number of unbranched alkanes of at least 4 members (excludes halogenated alkanes) is 1. The van der Waals surface area contributed by atoms with Gasteiger partial charge in [0.05, 0.1) is 18.6 Å². The quantitative estimate of drug-likeness (QED) is 0.581. The van der Waals surface area contributed by atoms with Gasteiger partial charge in [0.1, 0.15) is 6.54 Å². The molecule has 0 bridgehead atoms. The lowest BCUT2D eigenvalue weighted by Crippen LogP contribution is -2.16. The molecule has 0 N–H and O–H groups in total. The highest BCUT2D eigenvalue weighted by Gasteiger charge is 2.16. The lowest BCUT2D eigenvalue weighted by atomic mass is 10.0. The number of rotatable bonds is 5. The number of carbonyl (C=O) groups excluding carboxylic acids is 1. The summed E-state index contributed by atoms with van der Waals surface area (Å²) >= 11 is 0. The second-order valence-corrected chi connectivity index (χ2v) is 4.55. The minimum atomic E-state index is -0.149. The third-order valence-electron chi connectivity index (χ3n) is 3.17. The van der Waals surface area contributed by atoms with E-state index in [1.807, 2.05) is 4.57 Å². The van der Waals surface area contributed by atoms with Gasteiger partial charge in [0.15, 0.2) is 0 Å². The van der Waals surface area contributed by atoms with Crippen LogP contribution in [0.4, 0.5) is 0 Å². The van der Waals surface area contributed by atoms with Gasteiger partial charge in [-0.25, -0.2) is 4.98 Å². The molecule has 0 aromatic carbocycles. The van der Waals surface area contributed by atoms with E-state index < -0.39 is 0 Å². The first-order valence-corrected chi connectivity index (χ1v) is 6.49. The van der Waals surface area contributed by atoms with Crippen LogP contribution in [0.15, 0.2) is 6.33 Å². The van der Waals surface area contributed by atoms with E-state index in [-0.39, 0.29) is 5.97 Å². The monoisotopic (exact) mass is 236 g/mol. The predicted molar refractivity (Wildman–Crippen MR) is 64.7 cm³/mol. The van der Waals surface area contributed by atoms with Gasteiger partial charge in [-0.1, -0.05) is 13.3 Å². The molecule has 0 radical (unpaired) electrons. The summed E-state index contributed by atoms with van der Waals surface area (Å²) in [6, 6.07) is 0. The highest BCUT2D eigenvalue weighted by atomic mass is 16.5. The van der Waals surface area contributed by atoms with E-state index >= 15 is 0 Å². The molecule has 0 saturated carbocycles. The van der Waals surface area contributed by atoms with E-state index in [0.717, 1.165) is 31.4 Å². The minimum Gasteiger partial charge on any atom is -0.464 e. The van der Waals surface area contributed by atoms with Gasteiger partial charge in [0.25, 0.3) is 0 Å². The third kappa shape index (κ3) is 3.08. The molecule has 1 aromatic heterocycles. The van der Waals surface area contributed by atoms with E-state index in [0.29, 0.717) is 13.2 Å². The highest BCUT2D eigenvalue weighted by molar-refractivity contribution is 5.69. The molecule has 1 aromatic rings. The number of hydrogen-bond acceptors (Lipinski definition) is 3. The van der Waals surface area contributed by atoms with Crippen LogP contribution in [0.5, 0.6) is 0 Å². The fourth-order valence-corrected chi connectivity index (χ4v) is 2.18. The molecule has 94 valence electrons. The number of esters is 1. The second kappa shape index (κ2) is 5.84. The van der Waals surface area contributed by atoms with Crippen molar-refractivity contribution in [1.82, 2.24) is 9.55 Å². The number of nitrogens with zero attached hydrogens (tertiary/aromatic N) is 2. The zero-order valence-electron chi connectivity index (χ0n) is 10.4. The van der Waals surface area contributed by atoms with Crippen molar-refractivity contribution in [1.29, 1.82) is 0 Å². The zero-order valence-corrected chi connectivity index (χ0v) is 10.4. The molecule has 1 aliphatic rings. The first-order valence-electron chi connectivity index (χ1n) is 6.49. The largest absolute Gasteiger partial charge is 0.464 e. The Labute approximate surface area is 102 Å². The number of aryl methyl sites for hydroxylation is 1. The maximum Gasteiger partial charge on any atom is 0.325 e. The molecule has 17 heavy (non-hydrogen) atoms. The average Bonchev–Trinajstić information content (AvgIpc) is 2.73. The first kappa shape index (κ1) is 12.1. The number of aromatic nitrogens is 2. The number of fused-ring (bicyclic) bond motifs is 1. The molecule has 1 aliphatic carbocycles. The molecule has 0 atom stereocenters. The van der Waals surface area contributed by atoms with Crippen LogP contribution in [0.25, 0.3) is 0 Å². The van der Waals surface area contributed by atoms with Gasteiger partial charge in [-0.2, -0.15) is 0 Å². The molecule has 0 fully saturated rings. The smallest absolute Gasteiger partial charge is 0.325 e. The Hall–Kier alpha value is -1.32. The van der Waals surface area contributed by atoms with Crippen molar-refractivity contribution in [3.63, 3.8) is 0 Å². The van der Waals surface area contributed by atoms with Crippen molar-refractivity contribution in [3.05, 3.63) is 17.7 Å². The molecule has 0 aliphatic heterocycles. The Balaban J connectivity index is 1.90. The number of carbonyl (C=O) groups is 1. The first-order chi connectivity index (χ1) is 8.31. The topological polar surface area (TPSA) is 44.1 Å². The number of ether oxygens (including phenoxy) is 1. The summed E-state index contributed by atoms with van der Waals surface area (Å²) in [5.41, 5.74) is 2.39. The van der Waals surface area contributed by atoms with Gasteiger partial charge in [-0.05, 0) is 32.1 Å². The van der Waals surface area contributed by atoms with E-state index in [2.05, 4.69) is 11.9 Å². The van der Waals surface area contributed by atoms with E-state index in [1.54, 1.807) is 6.33 Å². The summed E-state index contributed by atoms with van der Waals surface area (Å²) in [5, 5.41) is 0. The van der Waals surface area contributed by atoms with Crippen molar-refractivity contribution >= 4 is 5.97 Å². The van der Waals surface area contributed by atoms with Crippen LogP contribution >= 0.6 is 0 Å². The van der Waals surface area contributed by atoms with E-state index in [4.69, 9.17) is 4.74 Å². The van der Waals surface area contributed by atoms with Gasteiger partial charge in [-0.3, -0.25) is 4.79 Å². The van der Waals surface area contributed by atoms with Crippen LogP contribution in [-0.4, -0.2) is 22.1 Å². The molecule has 0 saturated heterocycles. The molecule has 0 amide bonds. The number of hydrogen-bond donors (Lipinski definition) is 0. The van der Waals surface area contributed by atoms with E-state index in [1.165, 1.54) is 18.5 Å². The summed E-state index contributed by atoms with van der Waals surface area (Å²) in [5.74, 6) is -0.149. The average molecular weight is 236 g/mol. The zero-order chi connectivity index (χ0) is 12.1. The fourth-order valence-electron chi connectivity index (χ4n) is 2.18. The van der Waals surface area contributed by atoms with Crippen LogP contribution in [0.3, 0.4) is 0 Å². The van der Waals surface area contributed by atoms with Crippen LogP contribution in [0.1, 0.15) is 44.0 Å². The van der Waals surface area contributed by atoms with Gasteiger partial charge in [0.2, 0.25) is 0 Å². The minimum absolute atomic E-state index is 0.149. The maximum atomic E-state index is 11.6. The van der Waals surface area contributed by atoms with Crippen LogP contribution in [0, 0.1) is 0 Å². The van der Waals surface area contributed by atoms with Crippen LogP contribution < -0.4 is 0 Å². The fraction of sp³-hybridized carbons (Fsp3) is 0.692. The standard InChI is InChI=1S/C13H20N2O2/c1-2-3-8-17-13(16)9-15-10-14-11-6-4-5-7-12(11)15/h10H,2-9H2,1H3. The van der Waals surface area contributed by atoms with Crippen molar-refractivity contribution in [2.24, 2.45) is 0 Å². The summed E-state index contributed by atoms with van der Waals surface area (Å²) in [6.07, 6.45) is 8.26. The van der Waals surface area contributed by atoms with Gasteiger partial charge in [0, 0.05) is 5.69 Å². The summed E-state index contributed by atoms with van der Waals surface area (Å²) in [7, 11) is 0. The van der Waals surface area contributed by atoms with Crippen molar-refractivity contribution < 1.29 is 9.53 Å². The van der Waals surface area contributed by atoms with Crippen molar-refractivity contribution in [2.75, 3.05) is 6.61 Å². The summed E-state index contributed by atoms with van der Waals surface area (Å²) < 4.78 is 7.11. The molecular formula is C13H20N2O2.